The number of urea groups is 1. The summed E-state index contributed by atoms with van der Waals surface area (Å²) in [7, 11) is 7.50. The zero-order valence-corrected chi connectivity index (χ0v) is 7.06. The van der Waals surface area contributed by atoms with Crippen LogP contribution in [0.1, 0.15) is 0 Å². The van der Waals surface area contributed by atoms with Crippen molar-refractivity contribution >= 4 is 6.03 Å². The van der Waals surface area contributed by atoms with E-state index in [-0.39, 0.29) is 0 Å². The number of nitrogens with one attached hydrogen (secondary N) is 2. The molecule has 0 radical (unpaired) electrons. The number of primary amides is 2. The van der Waals surface area contributed by atoms with Gasteiger partial charge >= 0.3 is 6.03 Å². The van der Waals surface area contributed by atoms with Crippen LogP contribution in [0.3, 0.4) is 0 Å². The second-order valence-corrected chi connectivity index (χ2v) is 1.40. The highest BCUT2D eigenvalue weighted by Gasteiger charge is 1.60. The number of nitrogens with two attached hydrogens (primary N) is 2. The molecule has 0 rings (SSSR count). The second kappa shape index (κ2) is 24.1. The Morgan fingerprint density at radius 3 is 1.00 bits per heavy atom. The van der Waals surface area contributed by atoms with Gasteiger partial charge in [0.05, 0.1) is 0 Å². The van der Waals surface area contributed by atoms with E-state index in [1.54, 1.807) is 0 Å². The van der Waals surface area contributed by atoms with E-state index in [9.17, 15) is 0 Å². The maximum Gasteiger partial charge on any atom is 0.309 e. The molecule has 10 heavy (non-hydrogen) atoms. The molecule has 6 N–H and O–H groups in total. The van der Waals surface area contributed by atoms with Crippen LogP contribution in [-0.4, -0.2) is 34.2 Å². The molecule has 0 aromatic heterocycles. The molecular formula is C5H18N4O. The van der Waals surface area contributed by atoms with Crippen LogP contribution in [0.15, 0.2) is 0 Å². The molecule has 0 fully saturated rings. The molecule has 2 amide bonds. The molecule has 5 heteroatoms. The molecule has 0 aliphatic rings. The SMILES string of the molecule is CNC.CNC.NC(N)=O. The molecule has 0 saturated heterocycles. The summed E-state index contributed by atoms with van der Waals surface area (Å²) in [6, 6.07) is -0.833. The Balaban J connectivity index is -0.0000000750. The molecule has 0 aromatic carbocycles. The van der Waals surface area contributed by atoms with Gasteiger partial charge in [-0.1, -0.05) is 0 Å². The molecule has 0 saturated carbocycles. The quantitative estimate of drug-likeness (QED) is 0.345. The first-order valence-electron chi connectivity index (χ1n) is 2.78. The molecule has 5 nitrogen and oxygen atoms in total. The van der Waals surface area contributed by atoms with Crippen LogP contribution in [-0.2, 0) is 0 Å². The average molecular weight is 150 g/mol. The van der Waals surface area contributed by atoms with Gasteiger partial charge in [0, 0.05) is 0 Å². The van der Waals surface area contributed by atoms with Gasteiger partial charge in [-0.2, -0.15) is 0 Å². The summed E-state index contributed by atoms with van der Waals surface area (Å²) in [5, 5.41) is 5.50. The van der Waals surface area contributed by atoms with Crippen molar-refractivity contribution in [2.24, 2.45) is 11.5 Å². The van der Waals surface area contributed by atoms with Gasteiger partial charge < -0.3 is 22.1 Å². The van der Waals surface area contributed by atoms with Crippen molar-refractivity contribution in [3.63, 3.8) is 0 Å². The Kier molecular flexibility index (Phi) is 38.8. The summed E-state index contributed by atoms with van der Waals surface area (Å²) >= 11 is 0. The highest BCUT2D eigenvalue weighted by atomic mass is 16.2. The van der Waals surface area contributed by atoms with E-state index in [1.165, 1.54) is 0 Å². The Morgan fingerprint density at radius 1 is 1.00 bits per heavy atom. The average Bonchev–Trinajstić information content (AvgIpc) is 1.65. The van der Waals surface area contributed by atoms with Crippen molar-refractivity contribution in [3.8, 4) is 0 Å². The monoisotopic (exact) mass is 150 g/mol. The first-order valence-corrected chi connectivity index (χ1v) is 2.78. The van der Waals surface area contributed by atoms with Gasteiger partial charge in [0.1, 0.15) is 0 Å². The predicted molar refractivity (Wildman–Crippen MR) is 43.7 cm³/mol. The lowest BCUT2D eigenvalue weighted by atomic mass is 11.2. The summed E-state index contributed by atoms with van der Waals surface area (Å²) in [6.45, 7) is 0. The van der Waals surface area contributed by atoms with Crippen molar-refractivity contribution in [3.05, 3.63) is 0 Å². The van der Waals surface area contributed by atoms with E-state index in [0.717, 1.165) is 0 Å². The van der Waals surface area contributed by atoms with Crippen LogP contribution in [0.25, 0.3) is 0 Å². The van der Waals surface area contributed by atoms with Crippen molar-refractivity contribution < 1.29 is 4.79 Å². The summed E-state index contributed by atoms with van der Waals surface area (Å²) in [6.07, 6.45) is 0. The molecule has 0 unspecified atom stereocenters. The molecule has 0 aromatic rings. The van der Waals surface area contributed by atoms with Crippen LogP contribution < -0.4 is 22.1 Å². The minimum atomic E-state index is -0.833. The predicted octanol–water partition coefficient (Wildman–Crippen LogP) is -1.30. The van der Waals surface area contributed by atoms with E-state index in [2.05, 4.69) is 22.1 Å². The molecule has 0 atom stereocenters. The fraction of sp³-hybridized carbons (Fsp3) is 0.800. The molecule has 64 valence electrons. The van der Waals surface area contributed by atoms with Gasteiger partial charge in [0.15, 0.2) is 0 Å². The maximum absolute atomic E-state index is 9.00. The third kappa shape index (κ3) is 420. The van der Waals surface area contributed by atoms with Gasteiger partial charge in [-0.25, -0.2) is 4.79 Å². The van der Waals surface area contributed by atoms with E-state index in [1.807, 2.05) is 28.2 Å². The number of carbonyl (C=O) groups is 1. The molecule has 0 aliphatic carbocycles. The lowest BCUT2D eigenvalue weighted by molar-refractivity contribution is 0.256. The molecule has 0 bridgehead atoms. The van der Waals surface area contributed by atoms with E-state index in [0.29, 0.717) is 0 Å². The molecular weight excluding hydrogens is 132 g/mol. The standard InChI is InChI=1S/2C2H7N.CH4N2O/c2*1-3-2;2-1(3)4/h2*3H,1-2H3;(H4,2,3,4). The minimum Gasteiger partial charge on any atom is -0.352 e. The number of amides is 2. The van der Waals surface area contributed by atoms with Crippen molar-refractivity contribution in [1.29, 1.82) is 0 Å². The summed E-state index contributed by atoms with van der Waals surface area (Å²) in [4.78, 5) is 9.00. The van der Waals surface area contributed by atoms with Crippen molar-refractivity contribution in [1.82, 2.24) is 10.6 Å². The van der Waals surface area contributed by atoms with Gasteiger partial charge in [0.2, 0.25) is 0 Å². The van der Waals surface area contributed by atoms with Crippen LogP contribution in [0.5, 0.6) is 0 Å². The van der Waals surface area contributed by atoms with Gasteiger partial charge in [0.25, 0.3) is 0 Å². The first-order chi connectivity index (χ1) is 4.56. The van der Waals surface area contributed by atoms with E-state index < -0.39 is 6.03 Å². The zero-order valence-electron chi connectivity index (χ0n) is 7.06. The van der Waals surface area contributed by atoms with E-state index >= 15 is 0 Å². The van der Waals surface area contributed by atoms with Crippen molar-refractivity contribution in [2.75, 3.05) is 28.2 Å². The molecule has 0 aliphatic heterocycles. The Labute approximate surface area is 62.2 Å². The molecule has 0 spiro atoms. The number of hydrogen-bond donors (Lipinski definition) is 4. The topological polar surface area (TPSA) is 93.2 Å². The second-order valence-electron chi connectivity index (χ2n) is 1.40. The summed E-state index contributed by atoms with van der Waals surface area (Å²) in [5.41, 5.74) is 8.50. The number of rotatable bonds is 0. The van der Waals surface area contributed by atoms with Gasteiger partial charge in [-0.05, 0) is 28.2 Å². The lowest BCUT2D eigenvalue weighted by Crippen LogP contribution is -2.18. The maximum atomic E-state index is 9.00. The Bertz CT molecular complexity index is 51.6. The summed E-state index contributed by atoms with van der Waals surface area (Å²) in [5.74, 6) is 0. The third-order valence-corrected chi connectivity index (χ3v) is 0. The third-order valence-electron chi connectivity index (χ3n) is 0. The van der Waals surface area contributed by atoms with Gasteiger partial charge in [-0.15, -0.1) is 0 Å². The highest BCUT2D eigenvalue weighted by molar-refractivity contribution is 5.69. The fourth-order valence-electron chi connectivity index (χ4n) is 0. The van der Waals surface area contributed by atoms with Crippen LogP contribution in [0, 0.1) is 0 Å². The minimum absolute atomic E-state index is 0.833. The Morgan fingerprint density at radius 2 is 1.00 bits per heavy atom. The summed E-state index contributed by atoms with van der Waals surface area (Å²) < 4.78 is 0. The van der Waals surface area contributed by atoms with Crippen LogP contribution in [0.4, 0.5) is 4.79 Å². The number of carbonyl (C=O) groups excluding carboxylic acids is 1. The zero-order chi connectivity index (χ0) is 8.99. The Hall–Kier alpha value is -0.810. The normalized spacial score (nSPS) is 6.00. The number of hydrogen-bond acceptors (Lipinski definition) is 3. The fourth-order valence-corrected chi connectivity index (χ4v) is 0. The lowest BCUT2D eigenvalue weighted by Gasteiger charge is -1.62. The largest absolute Gasteiger partial charge is 0.352 e. The van der Waals surface area contributed by atoms with Crippen LogP contribution in [0.2, 0.25) is 0 Å². The smallest absolute Gasteiger partial charge is 0.309 e. The van der Waals surface area contributed by atoms with Gasteiger partial charge in [-0.3, -0.25) is 0 Å². The highest BCUT2D eigenvalue weighted by Crippen LogP contribution is 1.25. The van der Waals surface area contributed by atoms with Crippen LogP contribution >= 0.6 is 0 Å². The molecule has 0 heterocycles. The first kappa shape index (κ1) is 16.1. The van der Waals surface area contributed by atoms with Crippen molar-refractivity contribution in [2.45, 2.75) is 0 Å². The van der Waals surface area contributed by atoms with E-state index in [4.69, 9.17) is 4.79 Å².